The molecule has 0 spiro atoms. The summed E-state index contributed by atoms with van der Waals surface area (Å²) in [6.45, 7) is 4.20. The highest BCUT2D eigenvalue weighted by Crippen LogP contribution is 2.02. The van der Waals surface area contributed by atoms with Gasteiger partial charge in [0.05, 0.1) is 7.05 Å². The van der Waals surface area contributed by atoms with E-state index in [1.165, 1.54) is 0 Å². The van der Waals surface area contributed by atoms with Crippen LogP contribution in [0.15, 0.2) is 0 Å². The number of nitrogens with one attached hydrogen (secondary N) is 2. The Kier molecular flexibility index (Phi) is 7.25. The topological polar surface area (TPSA) is 42.8 Å². The average molecular weight is 221 g/mol. The Morgan fingerprint density at radius 1 is 1.53 bits per heavy atom. The molecule has 0 aliphatic rings. The van der Waals surface area contributed by atoms with Crippen LogP contribution in [0.3, 0.4) is 0 Å². The number of halogens is 1. The predicted octanol–water partition coefficient (Wildman–Crippen LogP) is -0.785. The van der Waals surface area contributed by atoms with Gasteiger partial charge in [0.25, 0.3) is 0 Å². The fourth-order valence-corrected chi connectivity index (χ4v) is 1.21. The van der Waals surface area contributed by atoms with Crippen LogP contribution in [0.1, 0.15) is 13.8 Å². The van der Waals surface area contributed by atoms with Crippen LogP contribution in [-0.2, 0) is 9.53 Å². The molecule has 0 amide bonds. The van der Waals surface area contributed by atoms with E-state index in [0.717, 1.165) is 0 Å². The summed E-state index contributed by atoms with van der Waals surface area (Å²) in [5.41, 5.74) is 0. The number of likely N-dealkylation sites (N-methyl/N-ethyl adjacent to an activating group) is 2. The first-order valence-electron chi connectivity index (χ1n) is 5.24. The molecule has 0 heterocycles. The number of alkyl halides is 1. The number of quaternary nitrogens is 1. The lowest BCUT2D eigenvalue weighted by Gasteiger charge is -2.18. The fourth-order valence-electron chi connectivity index (χ4n) is 1.21. The van der Waals surface area contributed by atoms with Crippen LogP contribution in [0.2, 0.25) is 0 Å². The van der Waals surface area contributed by atoms with E-state index in [0.29, 0.717) is 11.4 Å². The second kappa shape index (κ2) is 7.59. The quantitative estimate of drug-likeness (QED) is 0.437. The summed E-state index contributed by atoms with van der Waals surface area (Å²) in [4.78, 5) is 12.2. The van der Waals surface area contributed by atoms with Crippen LogP contribution < -0.4 is 10.2 Å². The lowest BCUT2D eigenvalue weighted by Crippen LogP contribution is -3.08. The Hall–Kier alpha value is -0.680. The van der Waals surface area contributed by atoms with E-state index < -0.39 is 6.80 Å². The van der Waals surface area contributed by atoms with E-state index in [1.54, 1.807) is 14.1 Å². The SMILES string of the molecule is CNC(C(=O)OCC[NH+](C)CF)C(C)C. The Morgan fingerprint density at radius 2 is 2.13 bits per heavy atom. The number of rotatable bonds is 7. The smallest absolute Gasteiger partial charge is 0.323 e. The Bertz CT molecular complexity index is 188. The molecule has 0 aromatic rings. The van der Waals surface area contributed by atoms with Gasteiger partial charge in [0.2, 0.25) is 6.80 Å². The standard InChI is InChI=1S/C10H21FN2O2/c1-8(2)9(12-3)10(14)15-6-5-13(4)7-11/h8-9,12H,5-7H2,1-4H3/p+1. The van der Waals surface area contributed by atoms with Crippen molar-refractivity contribution in [2.45, 2.75) is 19.9 Å². The molecule has 0 rings (SSSR count). The van der Waals surface area contributed by atoms with Gasteiger partial charge in [0.1, 0.15) is 19.2 Å². The van der Waals surface area contributed by atoms with Crippen molar-refractivity contribution in [1.29, 1.82) is 0 Å². The van der Waals surface area contributed by atoms with Crippen molar-refractivity contribution in [3.05, 3.63) is 0 Å². The Labute approximate surface area is 90.8 Å². The summed E-state index contributed by atoms with van der Waals surface area (Å²) in [6.07, 6.45) is 0. The minimum absolute atomic E-state index is 0.189. The van der Waals surface area contributed by atoms with Crippen molar-refractivity contribution >= 4 is 5.97 Å². The summed E-state index contributed by atoms with van der Waals surface area (Å²) in [7, 11) is 3.44. The van der Waals surface area contributed by atoms with Crippen LogP contribution in [0, 0.1) is 5.92 Å². The molecule has 0 saturated carbocycles. The summed E-state index contributed by atoms with van der Waals surface area (Å²) in [6, 6.07) is -0.282. The zero-order chi connectivity index (χ0) is 11.8. The van der Waals surface area contributed by atoms with Gasteiger partial charge in [-0.15, -0.1) is 0 Å². The number of esters is 1. The van der Waals surface area contributed by atoms with E-state index in [9.17, 15) is 9.18 Å². The van der Waals surface area contributed by atoms with Crippen molar-refractivity contribution in [2.75, 3.05) is 34.0 Å². The zero-order valence-corrected chi connectivity index (χ0v) is 9.97. The van der Waals surface area contributed by atoms with Gasteiger partial charge >= 0.3 is 5.97 Å². The van der Waals surface area contributed by atoms with Crippen molar-refractivity contribution in [1.82, 2.24) is 5.32 Å². The number of carbonyl (C=O) groups excluding carboxylic acids is 1. The molecule has 0 bridgehead atoms. The third-order valence-electron chi connectivity index (χ3n) is 2.23. The summed E-state index contributed by atoms with van der Waals surface area (Å²) < 4.78 is 17.1. The zero-order valence-electron chi connectivity index (χ0n) is 9.97. The lowest BCUT2D eigenvalue weighted by atomic mass is 10.1. The van der Waals surface area contributed by atoms with E-state index in [2.05, 4.69) is 5.32 Å². The van der Waals surface area contributed by atoms with Crippen molar-refractivity contribution < 1.29 is 18.8 Å². The molecule has 2 unspecified atom stereocenters. The molecule has 0 aromatic heterocycles. The highest BCUT2D eigenvalue weighted by Gasteiger charge is 2.21. The van der Waals surface area contributed by atoms with Crippen molar-refractivity contribution in [2.24, 2.45) is 5.92 Å². The van der Waals surface area contributed by atoms with Gasteiger partial charge < -0.3 is 15.0 Å². The first-order valence-corrected chi connectivity index (χ1v) is 5.24. The summed E-state index contributed by atoms with van der Waals surface area (Å²) in [5.74, 6) is -0.0760. The van der Waals surface area contributed by atoms with E-state index >= 15 is 0 Å². The first-order chi connectivity index (χ1) is 7.02. The average Bonchev–Trinajstić information content (AvgIpc) is 2.17. The number of hydrogen-bond donors (Lipinski definition) is 2. The molecule has 0 radical (unpaired) electrons. The normalized spacial score (nSPS) is 15.1. The van der Waals surface area contributed by atoms with Gasteiger partial charge in [-0.05, 0) is 13.0 Å². The molecule has 2 N–H and O–H groups in total. The molecule has 0 aliphatic heterocycles. The molecule has 90 valence electrons. The second-order valence-corrected chi connectivity index (χ2v) is 4.02. The number of ether oxygens (including phenoxy) is 1. The summed E-state index contributed by atoms with van der Waals surface area (Å²) >= 11 is 0. The van der Waals surface area contributed by atoms with Gasteiger partial charge in [0.15, 0.2) is 0 Å². The van der Waals surface area contributed by atoms with Crippen LogP contribution in [-0.4, -0.2) is 46.1 Å². The van der Waals surface area contributed by atoms with E-state index in [4.69, 9.17) is 4.74 Å². The molecule has 2 atom stereocenters. The molecule has 0 aromatic carbocycles. The van der Waals surface area contributed by atoms with Gasteiger partial charge in [0, 0.05) is 0 Å². The maximum Gasteiger partial charge on any atom is 0.323 e. The number of hydrogen-bond acceptors (Lipinski definition) is 3. The van der Waals surface area contributed by atoms with Gasteiger partial charge in [-0.2, -0.15) is 4.39 Å². The van der Waals surface area contributed by atoms with Gasteiger partial charge in [-0.1, -0.05) is 13.8 Å². The maximum absolute atomic E-state index is 12.1. The first kappa shape index (κ1) is 14.3. The van der Waals surface area contributed by atoms with Crippen LogP contribution >= 0.6 is 0 Å². The molecular weight excluding hydrogens is 199 g/mol. The fraction of sp³-hybridized carbons (Fsp3) is 0.900. The van der Waals surface area contributed by atoms with Gasteiger partial charge in [-0.25, -0.2) is 0 Å². The largest absolute Gasteiger partial charge is 0.459 e. The predicted molar refractivity (Wildman–Crippen MR) is 56.4 cm³/mol. The Morgan fingerprint density at radius 3 is 2.53 bits per heavy atom. The van der Waals surface area contributed by atoms with Crippen LogP contribution in [0.4, 0.5) is 4.39 Å². The molecular formula is C10H22FN2O2+. The second-order valence-electron chi connectivity index (χ2n) is 4.02. The highest BCUT2D eigenvalue weighted by molar-refractivity contribution is 5.76. The lowest BCUT2D eigenvalue weighted by molar-refractivity contribution is -0.893. The molecule has 4 nitrogen and oxygen atoms in total. The third kappa shape index (κ3) is 5.69. The van der Waals surface area contributed by atoms with Crippen molar-refractivity contribution in [3.63, 3.8) is 0 Å². The van der Waals surface area contributed by atoms with E-state index in [1.807, 2.05) is 13.8 Å². The van der Waals surface area contributed by atoms with E-state index in [-0.39, 0.29) is 24.5 Å². The monoisotopic (exact) mass is 221 g/mol. The molecule has 0 aliphatic carbocycles. The molecule has 15 heavy (non-hydrogen) atoms. The van der Waals surface area contributed by atoms with Gasteiger partial charge in [-0.3, -0.25) is 4.79 Å². The van der Waals surface area contributed by atoms with Crippen LogP contribution in [0.5, 0.6) is 0 Å². The maximum atomic E-state index is 12.1. The Balaban J connectivity index is 3.81. The molecule has 5 heteroatoms. The highest BCUT2D eigenvalue weighted by atomic mass is 19.1. The third-order valence-corrected chi connectivity index (χ3v) is 2.23. The summed E-state index contributed by atoms with van der Waals surface area (Å²) in [5, 5.41) is 2.90. The molecule has 0 fully saturated rings. The molecule has 0 saturated heterocycles. The van der Waals surface area contributed by atoms with Crippen LogP contribution in [0.25, 0.3) is 0 Å². The minimum atomic E-state index is -0.447. The minimum Gasteiger partial charge on any atom is -0.459 e. The number of carbonyl (C=O) groups is 1. The van der Waals surface area contributed by atoms with Crippen molar-refractivity contribution in [3.8, 4) is 0 Å².